The summed E-state index contributed by atoms with van der Waals surface area (Å²) in [5.74, 6) is 0. The van der Waals surface area contributed by atoms with Crippen molar-refractivity contribution in [2.75, 3.05) is 0 Å². The van der Waals surface area contributed by atoms with Crippen molar-refractivity contribution in [3.8, 4) is 0 Å². The molecule has 0 amide bonds. The van der Waals surface area contributed by atoms with E-state index in [0.29, 0.717) is 0 Å². The maximum Gasteiger partial charge on any atom is 0.264 e. The molecule has 0 heterocycles. The van der Waals surface area contributed by atoms with Gasteiger partial charge >= 0.3 is 0 Å². The Kier molecular flexibility index (Phi) is 6.53. The molecule has 0 spiro atoms. The second-order valence-corrected chi connectivity index (χ2v) is 6.03. The molecule has 0 unspecified atom stereocenters. The van der Waals surface area contributed by atoms with Crippen molar-refractivity contribution >= 4 is 20.0 Å². The Morgan fingerprint density at radius 2 is 1.14 bits per heavy atom. The monoisotopic (exact) mass is 330 g/mol. The second-order valence-electron chi connectivity index (χ2n) is 2.86. The van der Waals surface area contributed by atoms with Crippen LogP contribution in [0.25, 0.3) is 36.9 Å². The predicted molar refractivity (Wildman–Crippen MR) is 69.2 cm³/mol. The van der Waals surface area contributed by atoms with Gasteiger partial charge in [0.15, 0.2) is 0 Å². The third kappa shape index (κ3) is 5.28. The van der Waals surface area contributed by atoms with Crippen LogP contribution in [-0.4, -0.2) is 16.8 Å². The first-order valence-corrected chi connectivity index (χ1v) is 7.34. The van der Waals surface area contributed by atoms with E-state index in [1.165, 1.54) is 4.91 Å². The van der Waals surface area contributed by atoms with Crippen LogP contribution in [0.3, 0.4) is 0 Å². The van der Waals surface area contributed by atoms with Crippen LogP contribution in [0, 0.1) is 0 Å². The highest BCUT2D eigenvalue weighted by Gasteiger charge is 2.17. The number of azide groups is 2. The van der Waals surface area contributed by atoms with E-state index in [0.717, 1.165) is 24.3 Å². The van der Waals surface area contributed by atoms with E-state index < -0.39 is 29.8 Å². The summed E-state index contributed by atoms with van der Waals surface area (Å²) in [6.45, 7) is 0. The molecule has 15 heteroatoms. The van der Waals surface area contributed by atoms with E-state index in [2.05, 4.69) is 18.9 Å². The molecule has 1 rings (SSSR count). The van der Waals surface area contributed by atoms with Crippen LogP contribution in [0.2, 0.25) is 0 Å². The Morgan fingerprint density at radius 3 is 1.43 bits per heavy atom. The molecule has 1 aromatic rings. The number of nitrogens with zero attached hydrogens (tertiary/aromatic N) is 9. The molecule has 0 aliphatic heterocycles. The fourth-order valence-electron chi connectivity index (χ4n) is 0.986. The Morgan fingerprint density at radius 1 is 0.810 bits per heavy atom. The van der Waals surface area contributed by atoms with E-state index in [-0.39, 0.29) is 0 Å². The molecule has 0 N–H and O–H groups in total. The molecule has 0 fully saturated rings. The average molecular weight is 330 g/mol. The maximum atomic E-state index is 11.4. The summed E-state index contributed by atoms with van der Waals surface area (Å²) >= 11 is 0. The third-order valence-electron chi connectivity index (χ3n) is 1.69. The van der Waals surface area contributed by atoms with Crippen LogP contribution in [-0.2, 0) is 20.0 Å². The molecular weight excluding hydrogens is 326 g/mol. The Labute approximate surface area is 117 Å². The molecule has 21 heavy (non-hydrogen) atoms. The van der Waals surface area contributed by atoms with Gasteiger partial charge in [0.25, 0.3) is 20.0 Å². The van der Waals surface area contributed by atoms with Crippen molar-refractivity contribution < 1.29 is 16.8 Å². The van der Waals surface area contributed by atoms with Crippen molar-refractivity contribution in [2.45, 2.75) is 9.79 Å². The first-order chi connectivity index (χ1) is 9.75. The SMILES string of the molecule is [N-]=[N+]=NS(=O)(=O)c1cccc(S(=O)(=O)N=[N+]=[N-])c1.[N-]=[N+]=[N-]. The normalized spacial score (nSPS) is 9.90. The molecule has 13 nitrogen and oxygen atoms in total. The molecule has 0 bridgehead atoms. The van der Waals surface area contributed by atoms with Gasteiger partial charge in [-0.25, -0.2) is 16.8 Å². The average Bonchev–Trinajstić information content (AvgIpc) is 2.40. The van der Waals surface area contributed by atoms with E-state index in [4.69, 9.17) is 22.1 Å². The van der Waals surface area contributed by atoms with Gasteiger partial charge in [-0.15, -0.1) is 0 Å². The largest absolute Gasteiger partial charge is 0.373 e. The topological polar surface area (TPSA) is 224 Å². The van der Waals surface area contributed by atoms with Crippen LogP contribution >= 0.6 is 0 Å². The molecule has 0 aromatic heterocycles. The number of sulfonamides is 2. The molecular formula is C6H4N9O4S2-. The Bertz CT molecular complexity index is 792. The first kappa shape index (κ1) is 18.0. The summed E-state index contributed by atoms with van der Waals surface area (Å²) in [6.07, 6.45) is 0. The van der Waals surface area contributed by atoms with Gasteiger partial charge in [0.2, 0.25) is 0 Å². The third-order valence-corrected chi connectivity index (χ3v) is 3.96. The zero-order valence-corrected chi connectivity index (χ0v) is 11.4. The zero-order valence-electron chi connectivity index (χ0n) is 9.78. The number of benzene rings is 1. The highest BCUT2D eigenvalue weighted by molar-refractivity contribution is 7.90. The van der Waals surface area contributed by atoms with Crippen molar-refractivity contribution in [1.29, 1.82) is 0 Å². The van der Waals surface area contributed by atoms with Crippen LogP contribution in [0.5, 0.6) is 0 Å². The number of hydrogen-bond donors (Lipinski definition) is 0. The van der Waals surface area contributed by atoms with Crippen LogP contribution in [0.1, 0.15) is 0 Å². The van der Waals surface area contributed by atoms with Crippen molar-refractivity contribution in [3.63, 3.8) is 0 Å². The number of rotatable bonds is 4. The van der Waals surface area contributed by atoms with Crippen LogP contribution < -0.4 is 0 Å². The quantitative estimate of drug-likeness (QED) is 0.460. The van der Waals surface area contributed by atoms with Gasteiger partial charge < -0.3 is 11.1 Å². The Balaban J connectivity index is 0.00000122. The minimum absolute atomic E-state index is 0.519. The molecule has 0 aliphatic carbocycles. The summed E-state index contributed by atoms with van der Waals surface area (Å²) < 4.78 is 50.5. The van der Waals surface area contributed by atoms with E-state index in [1.807, 2.05) is 0 Å². The number of hydrogen-bond acceptors (Lipinski definition) is 4. The smallest absolute Gasteiger partial charge is 0.264 e. The predicted octanol–water partition coefficient (Wildman–Crippen LogP) is 2.55. The second kappa shape index (κ2) is 7.59. The lowest BCUT2D eigenvalue weighted by atomic mass is 10.4. The molecule has 0 atom stereocenters. The minimum Gasteiger partial charge on any atom is -0.373 e. The maximum absolute atomic E-state index is 11.4. The van der Waals surface area contributed by atoms with E-state index >= 15 is 0 Å². The molecule has 0 aliphatic rings. The molecule has 1 aromatic carbocycles. The van der Waals surface area contributed by atoms with Crippen molar-refractivity contribution in [1.82, 2.24) is 0 Å². The van der Waals surface area contributed by atoms with Gasteiger partial charge in [0, 0.05) is 18.9 Å². The van der Waals surface area contributed by atoms with Gasteiger partial charge in [-0.3, -0.25) is 4.91 Å². The summed E-state index contributed by atoms with van der Waals surface area (Å²) in [5, 5.41) is 0. The standard InChI is InChI=1S/C6H4N6O4S2.N3/c7-9-11-17(13,14)5-2-1-3-6(4-5)18(15,16)12-10-8;1-3-2/h1-4H;/q;-1. The summed E-state index contributed by atoms with van der Waals surface area (Å²) in [5.41, 5.74) is 29.6. The van der Waals surface area contributed by atoms with Gasteiger partial charge in [0.1, 0.15) is 0 Å². The lowest BCUT2D eigenvalue weighted by molar-refractivity contribution is 0.595. The van der Waals surface area contributed by atoms with Crippen LogP contribution in [0.15, 0.2) is 43.1 Å². The molecule has 0 saturated carbocycles. The molecule has 0 saturated heterocycles. The lowest BCUT2D eigenvalue weighted by Crippen LogP contribution is -2.00. The van der Waals surface area contributed by atoms with Gasteiger partial charge in [-0.1, -0.05) is 6.07 Å². The fraction of sp³-hybridized carbons (Fsp3) is 0. The summed E-state index contributed by atoms with van der Waals surface area (Å²) in [6, 6.07) is 3.92. The zero-order chi connectivity index (χ0) is 16.5. The van der Waals surface area contributed by atoms with E-state index in [1.54, 1.807) is 0 Å². The lowest BCUT2D eigenvalue weighted by Gasteiger charge is -2.00. The van der Waals surface area contributed by atoms with Crippen LogP contribution in [0.4, 0.5) is 0 Å². The first-order valence-electron chi connectivity index (χ1n) is 4.46. The van der Waals surface area contributed by atoms with Gasteiger partial charge in [-0.2, -0.15) is 0 Å². The highest BCUT2D eigenvalue weighted by atomic mass is 32.2. The summed E-state index contributed by atoms with van der Waals surface area (Å²) in [7, 11) is -8.60. The van der Waals surface area contributed by atoms with Gasteiger partial charge in [0.05, 0.1) is 9.79 Å². The van der Waals surface area contributed by atoms with Crippen molar-refractivity contribution in [3.05, 3.63) is 61.1 Å². The Hall–Kier alpha value is -2.95. The van der Waals surface area contributed by atoms with E-state index in [9.17, 15) is 16.8 Å². The van der Waals surface area contributed by atoms with Gasteiger partial charge in [-0.05, 0) is 29.3 Å². The van der Waals surface area contributed by atoms with Crippen molar-refractivity contribution in [2.24, 2.45) is 9.04 Å². The molecule has 0 radical (unpaired) electrons. The highest BCUT2D eigenvalue weighted by Crippen LogP contribution is 2.19. The summed E-state index contributed by atoms with van der Waals surface area (Å²) in [4.78, 5) is 4.70. The fourth-order valence-corrected chi connectivity index (χ4v) is 2.49. The minimum atomic E-state index is -4.30. The molecule has 110 valence electrons.